The second kappa shape index (κ2) is 6.64. The molecule has 0 aliphatic carbocycles. The van der Waals surface area contributed by atoms with Crippen molar-refractivity contribution in [3.63, 3.8) is 0 Å². The van der Waals surface area contributed by atoms with Crippen LogP contribution in [0.5, 0.6) is 0 Å². The number of imidazole rings is 1. The topological polar surface area (TPSA) is 85.9 Å². The van der Waals surface area contributed by atoms with Crippen molar-refractivity contribution >= 4 is 10.0 Å². The molecule has 0 spiro atoms. The summed E-state index contributed by atoms with van der Waals surface area (Å²) in [6.45, 7) is 5.13. The van der Waals surface area contributed by atoms with Crippen LogP contribution < -0.4 is 0 Å². The van der Waals surface area contributed by atoms with Gasteiger partial charge in [-0.2, -0.15) is 0 Å². The average molecular weight is 352 g/mol. The summed E-state index contributed by atoms with van der Waals surface area (Å²) in [5.41, 5.74) is 0. The quantitative estimate of drug-likeness (QED) is 0.800. The van der Waals surface area contributed by atoms with Crippen LogP contribution in [0.15, 0.2) is 18.7 Å². The van der Waals surface area contributed by atoms with Crippen LogP contribution in [0.25, 0.3) is 0 Å². The zero-order valence-electron chi connectivity index (χ0n) is 14.3. The summed E-state index contributed by atoms with van der Waals surface area (Å²) in [5, 5.41) is 8.23. The van der Waals surface area contributed by atoms with Crippen LogP contribution in [0.3, 0.4) is 0 Å². The van der Waals surface area contributed by atoms with E-state index in [1.807, 2.05) is 22.4 Å². The summed E-state index contributed by atoms with van der Waals surface area (Å²) in [6.07, 6.45) is 7.13. The smallest absolute Gasteiger partial charge is 0.216 e. The first-order valence-electron chi connectivity index (χ1n) is 8.22. The van der Waals surface area contributed by atoms with Crippen molar-refractivity contribution < 1.29 is 8.42 Å². The molecule has 0 amide bonds. The fourth-order valence-electron chi connectivity index (χ4n) is 3.09. The fraction of sp³-hybridized carbons (Fsp3) is 0.667. The number of aromatic nitrogens is 5. The molecule has 0 aromatic carbocycles. The molecule has 8 nitrogen and oxygen atoms in total. The Balaban J connectivity index is 1.78. The Morgan fingerprint density at radius 1 is 1.33 bits per heavy atom. The highest BCUT2D eigenvalue weighted by Crippen LogP contribution is 2.28. The second-order valence-corrected chi connectivity index (χ2v) is 9.05. The highest BCUT2D eigenvalue weighted by Gasteiger charge is 2.33. The standard InChI is InChI=1S/C15H24N6O2S/c1-12(2)24(22,23)21-7-4-5-13(9-21)15-18-17-14(19(15)3)10-20-8-6-16-11-20/h6,8,11-13H,4-5,7,9-10H2,1-3H3/t13-/m1/s1. The number of rotatable bonds is 5. The Labute approximate surface area is 142 Å². The van der Waals surface area contributed by atoms with Gasteiger partial charge in [0.15, 0.2) is 5.82 Å². The molecule has 24 heavy (non-hydrogen) atoms. The SMILES string of the molecule is CC(C)S(=O)(=O)N1CCC[C@@H](c2nnc(Cn3ccnc3)n2C)C1. The summed E-state index contributed by atoms with van der Waals surface area (Å²) < 4.78 is 30.4. The molecule has 132 valence electrons. The average Bonchev–Trinajstić information content (AvgIpc) is 3.19. The summed E-state index contributed by atoms with van der Waals surface area (Å²) in [6, 6.07) is 0. The Morgan fingerprint density at radius 3 is 2.79 bits per heavy atom. The minimum Gasteiger partial charge on any atom is -0.330 e. The van der Waals surface area contributed by atoms with E-state index in [4.69, 9.17) is 0 Å². The van der Waals surface area contributed by atoms with Crippen molar-refractivity contribution in [3.8, 4) is 0 Å². The van der Waals surface area contributed by atoms with Gasteiger partial charge in [0.05, 0.1) is 18.1 Å². The molecule has 1 fully saturated rings. The molecule has 0 saturated carbocycles. The van der Waals surface area contributed by atoms with Gasteiger partial charge in [-0.25, -0.2) is 17.7 Å². The van der Waals surface area contributed by atoms with Gasteiger partial charge in [0.2, 0.25) is 10.0 Å². The highest BCUT2D eigenvalue weighted by atomic mass is 32.2. The maximum Gasteiger partial charge on any atom is 0.216 e. The molecule has 0 radical (unpaired) electrons. The van der Waals surface area contributed by atoms with Crippen molar-refractivity contribution in [2.24, 2.45) is 7.05 Å². The van der Waals surface area contributed by atoms with Gasteiger partial charge in [0, 0.05) is 38.4 Å². The molecule has 2 aromatic rings. The summed E-state index contributed by atoms with van der Waals surface area (Å²) >= 11 is 0. The van der Waals surface area contributed by atoms with E-state index >= 15 is 0 Å². The lowest BCUT2D eigenvalue weighted by atomic mass is 9.99. The van der Waals surface area contributed by atoms with Crippen molar-refractivity contribution in [2.45, 2.75) is 44.4 Å². The fourth-order valence-corrected chi connectivity index (χ4v) is 4.46. The van der Waals surface area contributed by atoms with Gasteiger partial charge >= 0.3 is 0 Å². The third-order valence-electron chi connectivity index (χ3n) is 4.59. The Bertz CT molecular complexity index is 781. The summed E-state index contributed by atoms with van der Waals surface area (Å²) in [4.78, 5) is 4.03. The lowest BCUT2D eigenvalue weighted by Crippen LogP contribution is -2.42. The minimum atomic E-state index is -3.22. The molecule has 1 saturated heterocycles. The van der Waals surface area contributed by atoms with Crippen molar-refractivity contribution in [3.05, 3.63) is 30.4 Å². The molecule has 0 N–H and O–H groups in total. The number of nitrogens with zero attached hydrogens (tertiary/aromatic N) is 6. The van der Waals surface area contributed by atoms with Crippen LogP contribution in [0.4, 0.5) is 0 Å². The van der Waals surface area contributed by atoms with Gasteiger partial charge in [0.1, 0.15) is 5.82 Å². The lowest BCUT2D eigenvalue weighted by Gasteiger charge is -2.32. The van der Waals surface area contributed by atoms with E-state index in [1.165, 1.54) is 0 Å². The monoisotopic (exact) mass is 352 g/mol. The summed E-state index contributed by atoms with van der Waals surface area (Å²) in [5.74, 6) is 1.78. The van der Waals surface area contributed by atoms with E-state index in [9.17, 15) is 8.42 Å². The number of piperidine rings is 1. The maximum atomic E-state index is 12.4. The second-order valence-electron chi connectivity index (χ2n) is 6.56. The van der Waals surface area contributed by atoms with Crippen molar-refractivity contribution in [2.75, 3.05) is 13.1 Å². The molecule has 1 aliphatic rings. The molecule has 2 aromatic heterocycles. The predicted octanol–water partition coefficient (Wildman–Crippen LogP) is 0.977. The molecule has 9 heteroatoms. The largest absolute Gasteiger partial charge is 0.330 e. The Morgan fingerprint density at radius 2 is 2.12 bits per heavy atom. The first-order chi connectivity index (χ1) is 11.4. The van der Waals surface area contributed by atoms with Crippen LogP contribution in [-0.2, 0) is 23.6 Å². The molecule has 1 atom stereocenters. The van der Waals surface area contributed by atoms with Gasteiger partial charge in [-0.1, -0.05) is 0 Å². The third-order valence-corrected chi connectivity index (χ3v) is 6.83. The number of sulfonamides is 1. The van der Waals surface area contributed by atoms with E-state index in [1.54, 1.807) is 30.7 Å². The molecular formula is C15H24N6O2S. The van der Waals surface area contributed by atoms with Crippen LogP contribution >= 0.6 is 0 Å². The predicted molar refractivity (Wildman–Crippen MR) is 89.9 cm³/mol. The first kappa shape index (κ1) is 17.1. The van der Waals surface area contributed by atoms with Crippen LogP contribution in [0, 0.1) is 0 Å². The van der Waals surface area contributed by atoms with Gasteiger partial charge in [-0.05, 0) is 26.7 Å². The van der Waals surface area contributed by atoms with E-state index in [0.717, 1.165) is 24.5 Å². The minimum absolute atomic E-state index is 0.0845. The van der Waals surface area contributed by atoms with Crippen LogP contribution in [0.2, 0.25) is 0 Å². The summed E-state index contributed by atoms with van der Waals surface area (Å²) in [7, 11) is -1.28. The zero-order chi connectivity index (χ0) is 17.3. The molecule has 0 bridgehead atoms. The molecule has 0 unspecified atom stereocenters. The Hall–Kier alpha value is -1.74. The maximum absolute atomic E-state index is 12.4. The zero-order valence-corrected chi connectivity index (χ0v) is 15.1. The van der Waals surface area contributed by atoms with Gasteiger partial charge in [-0.3, -0.25) is 0 Å². The Kier molecular flexibility index (Phi) is 4.73. The third kappa shape index (κ3) is 3.23. The van der Waals surface area contributed by atoms with E-state index in [2.05, 4.69) is 15.2 Å². The van der Waals surface area contributed by atoms with E-state index in [0.29, 0.717) is 19.6 Å². The lowest BCUT2D eigenvalue weighted by molar-refractivity contribution is 0.303. The van der Waals surface area contributed by atoms with Crippen LogP contribution in [0.1, 0.15) is 44.3 Å². The van der Waals surface area contributed by atoms with E-state index in [-0.39, 0.29) is 5.92 Å². The van der Waals surface area contributed by atoms with Crippen molar-refractivity contribution in [1.29, 1.82) is 0 Å². The first-order valence-corrected chi connectivity index (χ1v) is 9.72. The molecule has 1 aliphatic heterocycles. The van der Waals surface area contributed by atoms with E-state index < -0.39 is 15.3 Å². The normalized spacial score (nSPS) is 19.9. The number of hydrogen-bond donors (Lipinski definition) is 0. The highest BCUT2D eigenvalue weighted by molar-refractivity contribution is 7.89. The number of hydrogen-bond acceptors (Lipinski definition) is 5. The van der Waals surface area contributed by atoms with Crippen LogP contribution in [-0.4, -0.2) is 55.4 Å². The molecule has 3 rings (SSSR count). The van der Waals surface area contributed by atoms with Gasteiger partial charge in [0.25, 0.3) is 0 Å². The molecular weight excluding hydrogens is 328 g/mol. The van der Waals surface area contributed by atoms with Gasteiger partial charge < -0.3 is 9.13 Å². The van der Waals surface area contributed by atoms with Gasteiger partial charge in [-0.15, -0.1) is 10.2 Å². The molecule has 3 heterocycles. The van der Waals surface area contributed by atoms with Crippen molar-refractivity contribution in [1.82, 2.24) is 28.6 Å².